The molecule has 1 amide bonds. The van der Waals surface area contributed by atoms with Gasteiger partial charge in [-0.25, -0.2) is 0 Å². The lowest BCUT2D eigenvalue weighted by Crippen LogP contribution is -2.73. The van der Waals surface area contributed by atoms with Gasteiger partial charge in [0.15, 0.2) is 0 Å². The molecule has 0 radical (unpaired) electrons. The predicted molar refractivity (Wildman–Crippen MR) is 73.0 cm³/mol. The van der Waals surface area contributed by atoms with Crippen LogP contribution in [0.3, 0.4) is 0 Å². The van der Waals surface area contributed by atoms with Crippen LogP contribution in [0.4, 0.5) is 0 Å². The maximum atomic E-state index is 11.7. The average Bonchev–Trinajstić information content (AvgIpc) is 2.56. The lowest BCUT2D eigenvalue weighted by molar-refractivity contribution is -0.286. The summed E-state index contributed by atoms with van der Waals surface area (Å²) in [5.41, 5.74) is 1.78. The van der Waals surface area contributed by atoms with E-state index in [-0.39, 0.29) is 0 Å². The van der Waals surface area contributed by atoms with Gasteiger partial charge in [-0.05, 0) is 0 Å². The first-order valence-corrected chi connectivity index (χ1v) is 7.01. The number of hydrogen-bond donors (Lipinski definition) is 10. The fraction of sp³-hybridized carbons (Fsp3) is 0.917. The first kappa shape index (κ1) is 21.1. The standard InChI is InChI=1S/C12H23NO11/c13-11(22)12(23,9(21)5(17)3(16)1-14)10-8(20)7(19)6(18)4(2-15)24-10/h3-10,14-21,23H,1-2H2,(H2,13,22)/t3-,4-,5-,6+,7+,8-,9+,10-,12+/m1/s1. The molecule has 1 heterocycles. The Bertz CT molecular complexity index is 435. The number of amides is 1. The molecular weight excluding hydrogens is 334 g/mol. The zero-order valence-electron chi connectivity index (χ0n) is 12.5. The van der Waals surface area contributed by atoms with Crippen LogP contribution < -0.4 is 5.73 Å². The quantitative estimate of drug-likeness (QED) is 0.205. The highest BCUT2D eigenvalue weighted by Crippen LogP contribution is 2.32. The van der Waals surface area contributed by atoms with E-state index >= 15 is 0 Å². The van der Waals surface area contributed by atoms with Crippen LogP contribution in [0, 0.1) is 0 Å². The summed E-state index contributed by atoms with van der Waals surface area (Å²) < 4.78 is 4.97. The Hall–Kier alpha value is -0.930. The summed E-state index contributed by atoms with van der Waals surface area (Å²) in [6.45, 7) is -1.92. The molecule has 1 saturated heterocycles. The molecule has 142 valence electrons. The lowest BCUT2D eigenvalue weighted by Gasteiger charge is -2.47. The maximum Gasteiger partial charge on any atom is 0.255 e. The average molecular weight is 357 g/mol. The maximum absolute atomic E-state index is 11.7. The van der Waals surface area contributed by atoms with Crippen LogP contribution in [0.5, 0.6) is 0 Å². The van der Waals surface area contributed by atoms with E-state index in [1.807, 2.05) is 0 Å². The monoisotopic (exact) mass is 357 g/mol. The van der Waals surface area contributed by atoms with Crippen molar-refractivity contribution < 1.29 is 55.5 Å². The number of nitrogens with two attached hydrogens (primary N) is 1. The molecule has 12 heteroatoms. The molecule has 0 aromatic carbocycles. The van der Waals surface area contributed by atoms with E-state index in [2.05, 4.69) is 0 Å². The Morgan fingerprint density at radius 1 is 1.08 bits per heavy atom. The second kappa shape index (κ2) is 7.97. The molecule has 9 atom stereocenters. The molecule has 0 aromatic rings. The lowest BCUT2D eigenvalue weighted by atomic mass is 9.78. The summed E-state index contributed by atoms with van der Waals surface area (Å²) in [7, 11) is 0. The first-order valence-electron chi connectivity index (χ1n) is 7.01. The smallest absolute Gasteiger partial charge is 0.255 e. The molecule has 1 aliphatic heterocycles. The van der Waals surface area contributed by atoms with Gasteiger partial charge < -0.3 is 56.4 Å². The number of aliphatic hydroxyl groups excluding tert-OH is 8. The van der Waals surface area contributed by atoms with E-state index in [1.54, 1.807) is 0 Å². The Morgan fingerprint density at radius 2 is 1.62 bits per heavy atom. The Labute approximate surface area is 136 Å². The third kappa shape index (κ3) is 3.52. The molecule has 0 aliphatic carbocycles. The van der Waals surface area contributed by atoms with Gasteiger partial charge in [-0.1, -0.05) is 0 Å². The van der Waals surface area contributed by atoms with Crippen molar-refractivity contribution >= 4 is 5.91 Å². The largest absolute Gasteiger partial charge is 0.394 e. The van der Waals surface area contributed by atoms with Crippen molar-refractivity contribution in [2.24, 2.45) is 5.73 Å². The van der Waals surface area contributed by atoms with Gasteiger partial charge in [0, 0.05) is 0 Å². The van der Waals surface area contributed by atoms with Crippen molar-refractivity contribution in [1.29, 1.82) is 0 Å². The number of carbonyl (C=O) groups is 1. The summed E-state index contributed by atoms with van der Waals surface area (Å²) in [6, 6.07) is 0. The molecule has 0 aromatic heterocycles. The third-order valence-electron chi connectivity index (χ3n) is 4.08. The Balaban J connectivity index is 3.24. The summed E-state index contributed by atoms with van der Waals surface area (Å²) in [5, 5.41) is 86.7. The predicted octanol–water partition coefficient (Wildman–Crippen LogP) is -6.88. The minimum Gasteiger partial charge on any atom is -0.394 e. The molecule has 12 nitrogen and oxygen atoms in total. The van der Waals surface area contributed by atoms with E-state index in [4.69, 9.17) is 20.7 Å². The normalized spacial score (nSPS) is 37.3. The zero-order chi connectivity index (χ0) is 18.8. The van der Waals surface area contributed by atoms with Gasteiger partial charge in [0.05, 0.1) is 13.2 Å². The van der Waals surface area contributed by atoms with E-state index in [9.17, 15) is 40.5 Å². The number of ether oxygens (including phenoxy) is 1. The molecule has 24 heavy (non-hydrogen) atoms. The van der Waals surface area contributed by atoms with Crippen molar-refractivity contribution in [3.8, 4) is 0 Å². The minimum absolute atomic E-state index is 0.881. The summed E-state index contributed by atoms with van der Waals surface area (Å²) >= 11 is 0. The molecular formula is C12H23NO11. The number of carbonyl (C=O) groups excluding carboxylic acids is 1. The van der Waals surface area contributed by atoms with Crippen LogP contribution in [-0.4, -0.2) is 120 Å². The van der Waals surface area contributed by atoms with Crippen LogP contribution in [-0.2, 0) is 9.53 Å². The number of aliphatic hydroxyl groups is 9. The van der Waals surface area contributed by atoms with Crippen LogP contribution in [0.2, 0.25) is 0 Å². The van der Waals surface area contributed by atoms with Gasteiger partial charge in [-0.2, -0.15) is 0 Å². The summed E-state index contributed by atoms with van der Waals surface area (Å²) in [6.07, 6.45) is -16.4. The van der Waals surface area contributed by atoms with Gasteiger partial charge >= 0.3 is 0 Å². The third-order valence-corrected chi connectivity index (χ3v) is 4.08. The van der Waals surface area contributed by atoms with E-state index in [1.165, 1.54) is 0 Å². The van der Waals surface area contributed by atoms with Crippen molar-refractivity contribution in [3.63, 3.8) is 0 Å². The molecule has 0 saturated carbocycles. The van der Waals surface area contributed by atoms with E-state index < -0.39 is 73.6 Å². The molecule has 1 aliphatic rings. The fourth-order valence-corrected chi connectivity index (χ4v) is 2.50. The van der Waals surface area contributed by atoms with E-state index in [0.29, 0.717) is 0 Å². The van der Waals surface area contributed by atoms with Gasteiger partial charge in [-0.15, -0.1) is 0 Å². The van der Waals surface area contributed by atoms with Crippen molar-refractivity contribution in [3.05, 3.63) is 0 Å². The van der Waals surface area contributed by atoms with Crippen LogP contribution >= 0.6 is 0 Å². The topological polar surface area (TPSA) is 234 Å². The van der Waals surface area contributed by atoms with Gasteiger partial charge in [0.1, 0.15) is 48.8 Å². The van der Waals surface area contributed by atoms with Crippen LogP contribution in [0.1, 0.15) is 0 Å². The number of rotatable bonds is 7. The zero-order valence-corrected chi connectivity index (χ0v) is 12.5. The van der Waals surface area contributed by atoms with Crippen LogP contribution in [0.25, 0.3) is 0 Å². The molecule has 0 bridgehead atoms. The molecule has 1 fully saturated rings. The van der Waals surface area contributed by atoms with Crippen LogP contribution in [0.15, 0.2) is 0 Å². The second-order valence-corrected chi connectivity index (χ2v) is 5.62. The fourth-order valence-electron chi connectivity index (χ4n) is 2.50. The Kier molecular flexibility index (Phi) is 7.01. The van der Waals surface area contributed by atoms with Crippen molar-refractivity contribution in [2.45, 2.75) is 54.4 Å². The van der Waals surface area contributed by atoms with Gasteiger partial charge in [-0.3, -0.25) is 4.79 Å². The second-order valence-electron chi connectivity index (χ2n) is 5.62. The summed E-state index contributed by atoms with van der Waals surface area (Å²) in [4.78, 5) is 11.7. The molecule has 0 unspecified atom stereocenters. The first-order chi connectivity index (χ1) is 11.0. The highest BCUT2D eigenvalue weighted by molar-refractivity contribution is 5.85. The van der Waals surface area contributed by atoms with Gasteiger partial charge in [0.2, 0.25) is 5.60 Å². The van der Waals surface area contributed by atoms with Crippen molar-refractivity contribution in [2.75, 3.05) is 13.2 Å². The minimum atomic E-state index is -3.23. The molecule has 0 spiro atoms. The molecule has 1 rings (SSSR count). The van der Waals surface area contributed by atoms with E-state index in [0.717, 1.165) is 0 Å². The highest BCUT2D eigenvalue weighted by atomic mass is 16.6. The Morgan fingerprint density at radius 3 is 2.04 bits per heavy atom. The van der Waals surface area contributed by atoms with Crippen molar-refractivity contribution in [1.82, 2.24) is 0 Å². The number of primary amides is 1. The highest BCUT2D eigenvalue weighted by Gasteiger charge is 2.60. The number of hydrogen-bond acceptors (Lipinski definition) is 11. The molecule has 11 N–H and O–H groups in total. The summed E-state index contributed by atoms with van der Waals surface area (Å²) in [5.74, 6) is -1.69. The SMILES string of the molecule is NC(=O)[C@@](O)([C@@H]1O[C@H](CO)[C@H](O)[C@H](O)[C@H]1O)[C@@H](O)[C@H](O)[C@H](O)CO. The van der Waals surface area contributed by atoms with Gasteiger partial charge in [0.25, 0.3) is 5.91 Å².